The molecule has 0 spiro atoms. The van der Waals surface area contributed by atoms with Gasteiger partial charge in [0.1, 0.15) is 17.4 Å². The highest BCUT2D eigenvalue weighted by molar-refractivity contribution is 6.30. The minimum Gasteiger partial charge on any atom is -0.438 e. The van der Waals surface area contributed by atoms with E-state index < -0.39 is 17.7 Å². The molecule has 0 fully saturated rings. The lowest BCUT2D eigenvalue weighted by Gasteiger charge is -2.32. The average molecular weight is 417 g/mol. The van der Waals surface area contributed by atoms with Gasteiger partial charge in [-0.2, -0.15) is 5.26 Å². The van der Waals surface area contributed by atoms with E-state index in [1.54, 1.807) is 12.1 Å². The summed E-state index contributed by atoms with van der Waals surface area (Å²) in [5.41, 5.74) is 1.77. The molecule has 1 aliphatic rings. The minimum atomic E-state index is -0.524. The molecule has 1 heterocycles. The normalized spacial score (nSPS) is 15.2. The van der Waals surface area contributed by atoms with Crippen LogP contribution < -0.4 is 4.74 Å². The van der Waals surface area contributed by atoms with Crippen LogP contribution in [0.3, 0.4) is 0 Å². The fourth-order valence-electron chi connectivity index (χ4n) is 3.82. The Morgan fingerprint density at radius 1 is 1.00 bits per heavy atom. The van der Waals surface area contributed by atoms with Crippen molar-refractivity contribution in [2.45, 2.75) is 19.8 Å². The van der Waals surface area contributed by atoms with Crippen LogP contribution in [-0.4, -0.2) is 16.7 Å². The number of hydrogen-bond acceptors (Lipinski definition) is 4. The van der Waals surface area contributed by atoms with Gasteiger partial charge in [0, 0.05) is 29.8 Å². The Kier molecular flexibility index (Phi) is 5.03. The third-order valence-electron chi connectivity index (χ3n) is 5.10. The second-order valence-corrected chi connectivity index (χ2v) is 7.43. The van der Waals surface area contributed by atoms with E-state index in [0.29, 0.717) is 10.8 Å². The standard InChI is InChI=1S/C24H17ClN2O3/c1-14(28)27(15(2)29)24-21(13-26)22(17-7-10-18(25)11-8-17)20-12-9-16-5-3-4-6-19(16)23(20)30-24/h3-12,22H,1-2H3/t22-/m1/s1. The molecule has 5 nitrogen and oxygen atoms in total. The Balaban J connectivity index is 2.05. The van der Waals surface area contributed by atoms with Crippen LogP contribution in [0.2, 0.25) is 5.02 Å². The molecule has 0 unspecified atom stereocenters. The molecule has 0 bridgehead atoms. The van der Waals surface area contributed by atoms with E-state index in [1.807, 2.05) is 48.5 Å². The van der Waals surface area contributed by atoms with Crippen molar-refractivity contribution in [3.05, 3.63) is 88.3 Å². The second-order valence-electron chi connectivity index (χ2n) is 7.00. The Morgan fingerprint density at radius 2 is 1.67 bits per heavy atom. The van der Waals surface area contributed by atoms with Gasteiger partial charge >= 0.3 is 0 Å². The van der Waals surface area contributed by atoms with Crippen molar-refractivity contribution < 1.29 is 14.3 Å². The number of benzene rings is 3. The van der Waals surface area contributed by atoms with Crippen LogP contribution in [-0.2, 0) is 9.59 Å². The first-order valence-electron chi connectivity index (χ1n) is 9.33. The molecular weight excluding hydrogens is 400 g/mol. The van der Waals surface area contributed by atoms with Gasteiger partial charge in [0.15, 0.2) is 0 Å². The molecule has 3 aromatic rings. The van der Waals surface area contributed by atoms with E-state index in [9.17, 15) is 14.9 Å². The van der Waals surface area contributed by atoms with Crippen molar-refractivity contribution in [3.63, 3.8) is 0 Å². The molecule has 6 heteroatoms. The smallest absolute Gasteiger partial charge is 0.233 e. The van der Waals surface area contributed by atoms with Crippen molar-refractivity contribution in [3.8, 4) is 11.8 Å². The van der Waals surface area contributed by atoms with E-state index in [4.69, 9.17) is 16.3 Å². The summed E-state index contributed by atoms with van der Waals surface area (Å²) in [7, 11) is 0. The van der Waals surface area contributed by atoms with Crippen LogP contribution in [0.1, 0.15) is 30.9 Å². The van der Waals surface area contributed by atoms with Crippen LogP contribution >= 0.6 is 11.6 Å². The van der Waals surface area contributed by atoms with Gasteiger partial charge in [0.2, 0.25) is 17.7 Å². The number of amides is 2. The summed E-state index contributed by atoms with van der Waals surface area (Å²) in [6.45, 7) is 2.53. The number of imide groups is 1. The zero-order valence-corrected chi connectivity index (χ0v) is 17.1. The molecule has 0 saturated carbocycles. The average Bonchev–Trinajstić information content (AvgIpc) is 2.73. The van der Waals surface area contributed by atoms with Gasteiger partial charge in [-0.25, -0.2) is 4.90 Å². The molecule has 0 aliphatic carbocycles. The molecule has 3 aromatic carbocycles. The Labute approximate surface area is 178 Å². The van der Waals surface area contributed by atoms with Crippen molar-refractivity contribution in [2.24, 2.45) is 0 Å². The monoisotopic (exact) mass is 416 g/mol. The summed E-state index contributed by atoms with van der Waals surface area (Å²) >= 11 is 6.06. The van der Waals surface area contributed by atoms with Gasteiger partial charge in [-0.15, -0.1) is 0 Å². The predicted octanol–water partition coefficient (Wildman–Crippen LogP) is 5.15. The summed E-state index contributed by atoms with van der Waals surface area (Å²) < 4.78 is 6.12. The van der Waals surface area contributed by atoms with Crippen LogP contribution in [0.5, 0.6) is 5.75 Å². The number of nitriles is 1. The molecule has 0 radical (unpaired) electrons. The minimum absolute atomic E-state index is 0.0543. The molecular formula is C24H17ClN2O3. The number of hydrogen-bond donors (Lipinski definition) is 0. The number of carbonyl (C=O) groups is 2. The van der Waals surface area contributed by atoms with E-state index in [-0.39, 0.29) is 11.5 Å². The van der Waals surface area contributed by atoms with E-state index >= 15 is 0 Å². The lowest BCUT2D eigenvalue weighted by molar-refractivity contribution is -0.141. The van der Waals surface area contributed by atoms with Gasteiger partial charge < -0.3 is 4.74 Å². The summed E-state index contributed by atoms with van der Waals surface area (Å²) in [6.07, 6.45) is 0. The fourth-order valence-corrected chi connectivity index (χ4v) is 3.95. The Morgan fingerprint density at radius 3 is 2.30 bits per heavy atom. The first-order valence-corrected chi connectivity index (χ1v) is 9.70. The van der Waals surface area contributed by atoms with Gasteiger partial charge in [-0.1, -0.05) is 60.1 Å². The van der Waals surface area contributed by atoms with Crippen LogP contribution in [0.25, 0.3) is 10.8 Å². The Bertz CT molecular complexity index is 1240. The SMILES string of the molecule is CC(=O)N(C(C)=O)C1=C(C#N)[C@H](c2ccc(Cl)cc2)c2ccc3ccccc3c2O1. The number of ether oxygens (including phenoxy) is 1. The number of nitrogens with zero attached hydrogens (tertiary/aromatic N) is 2. The van der Waals surface area contributed by atoms with Crippen LogP contribution in [0, 0.1) is 11.3 Å². The molecule has 1 atom stereocenters. The molecule has 1 aliphatic heterocycles. The van der Waals surface area contributed by atoms with Crippen LogP contribution in [0.4, 0.5) is 0 Å². The molecule has 4 rings (SSSR count). The van der Waals surface area contributed by atoms with Crippen molar-refractivity contribution >= 4 is 34.2 Å². The summed E-state index contributed by atoms with van der Waals surface area (Å²) in [5.74, 6) is -1.10. The van der Waals surface area contributed by atoms with Crippen molar-refractivity contribution in [1.29, 1.82) is 5.26 Å². The zero-order chi connectivity index (χ0) is 21.4. The van der Waals surface area contributed by atoms with E-state index in [2.05, 4.69) is 6.07 Å². The lowest BCUT2D eigenvalue weighted by Crippen LogP contribution is -2.37. The number of halogens is 1. The third kappa shape index (κ3) is 3.22. The number of carbonyl (C=O) groups excluding carboxylic acids is 2. The summed E-state index contributed by atoms with van der Waals surface area (Å²) in [6, 6.07) is 20.9. The maximum Gasteiger partial charge on any atom is 0.233 e. The van der Waals surface area contributed by atoms with Gasteiger partial charge in [0.25, 0.3) is 0 Å². The summed E-state index contributed by atoms with van der Waals surface area (Å²) in [5, 5.41) is 12.4. The third-order valence-corrected chi connectivity index (χ3v) is 5.35. The second kappa shape index (κ2) is 7.66. The number of fused-ring (bicyclic) bond motifs is 3. The molecule has 30 heavy (non-hydrogen) atoms. The maximum atomic E-state index is 12.3. The first-order chi connectivity index (χ1) is 14.4. The number of rotatable bonds is 2. The largest absolute Gasteiger partial charge is 0.438 e. The predicted molar refractivity (Wildman–Crippen MR) is 114 cm³/mol. The maximum absolute atomic E-state index is 12.3. The van der Waals surface area contributed by atoms with Gasteiger partial charge in [-0.3, -0.25) is 9.59 Å². The lowest BCUT2D eigenvalue weighted by atomic mass is 9.82. The number of allylic oxidation sites excluding steroid dienone is 1. The molecule has 0 N–H and O–H groups in total. The highest BCUT2D eigenvalue weighted by atomic mass is 35.5. The Hall–Kier alpha value is -3.62. The quantitative estimate of drug-likeness (QED) is 0.579. The molecule has 0 aromatic heterocycles. The first kappa shape index (κ1) is 19.7. The van der Waals surface area contributed by atoms with E-state index in [1.165, 1.54) is 13.8 Å². The van der Waals surface area contributed by atoms with Crippen molar-refractivity contribution in [1.82, 2.24) is 4.90 Å². The highest BCUT2D eigenvalue weighted by Gasteiger charge is 2.37. The zero-order valence-electron chi connectivity index (χ0n) is 16.3. The van der Waals surface area contributed by atoms with Gasteiger partial charge in [-0.05, 0) is 23.1 Å². The van der Waals surface area contributed by atoms with Gasteiger partial charge in [0.05, 0.1) is 5.92 Å². The topological polar surface area (TPSA) is 70.4 Å². The summed E-state index contributed by atoms with van der Waals surface area (Å²) in [4.78, 5) is 25.5. The fraction of sp³-hybridized carbons (Fsp3) is 0.125. The molecule has 148 valence electrons. The highest BCUT2D eigenvalue weighted by Crippen LogP contribution is 2.46. The van der Waals surface area contributed by atoms with E-state index in [0.717, 1.165) is 26.8 Å². The molecule has 2 amide bonds. The van der Waals surface area contributed by atoms with Crippen molar-refractivity contribution in [2.75, 3.05) is 0 Å². The van der Waals surface area contributed by atoms with Crippen LogP contribution in [0.15, 0.2) is 72.1 Å². The molecule has 0 saturated heterocycles.